The number of carbonyl (C=O) groups excluding carboxylic acids is 3. The van der Waals surface area contributed by atoms with Gasteiger partial charge in [-0.25, -0.2) is 9.78 Å². The molecule has 1 aromatic heterocycles. The summed E-state index contributed by atoms with van der Waals surface area (Å²) in [5.74, 6) is 1.33. The largest absolute Gasteiger partial charge is 0.353 e. The van der Waals surface area contributed by atoms with E-state index >= 15 is 0 Å². The van der Waals surface area contributed by atoms with Crippen molar-refractivity contribution in [1.82, 2.24) is 20.5 Å². The number of nitrogens with zero attached hydrogens (tertiary/aromatic N) is 3. The van der Waals surface area contributed by atoms with Crippen molar-refractivity contribution in [2.45, 2.75) is 51.5 Å². The van der Waals surface area contributed by atoms with Crippen LogP contribution in [0.4, 0.5) is 10.6 Å². The van der Waals surface area contributed by atoms with Crippen molar-refractivity contribution in [3.05, 3.63) is 58.3 Å². The Bertz CT molecular complexity index is 1170. The second-order valence-electron chi connectivity index (χ2n) is 9.66. The average Bonchev–Trinajstić information content (AvgIpc) is 3.63. The van der Waals surface area contributed by atoms with E-state index in [9.17, 15) is 14.4 Å². The Morgan fingerprint density at radius 3 is 2.38 bits per heavy atom. The summed E-state index contributed by atoms with van der Waals surface area (Å²) < 4.78 is 0. The molecular weight excluding hydrogens is 430 g/mol. The molecule has 2 aliphatic heterocycles. The number of nitrogens with one attached hydrogen (secondary N) is 2. The van der Waals surface area contributed by atoms with Gasteiger partial charge in [0, 0.05) is 37.9 Å². The first-order valence-corrected chi connectivity index (χ1v) is 12.1. The predicted molar refractivity (Wildman–Crippen MR) is 129 cm³/mol. The number of urea groups is 1. The summed E-state index contributed by atoms with van der Waals surface area (Å²) in [5.41, 5.74) is 3.55. The van der Waals surface area contributed by atoms with Crippen LogP contribution in [0.2, 0.25) is 0 Å². The van der Waals surface area contributed by atoms with E-state index in [1.165, 1.54) is 24.0 Å². The Morgan fingerprint density at radius 2 is 1.82 bits per heavy atom. The van der Waals surface area contributed by atoms with Crippen molar-refractivity contribution in [2.75, 3.05) is 31.1 Å². The minimum atomic E-state index is -1.09. The van der Waals surface area contributed by atoms with Crippen molar-refractivity contribution in [2.24, 2.45) is 0 Å². The number of anilines is 1. The van der Waals surface area contributed by atoms with Gasteiger partial charge in [0.2, 0.25) is 0 Å². The number of amides is 4. The Kier molecular flexibility index (Phi) is 5.54. The van der Waals surface area contributed by atoms with E-state index in [1.54, 1.807) is 12.1 Å². The number of carbonyl (C=O) groups is 3. The Morgan fingerprint density at radius 1 is 1.09 bits per heavy atom. The SMILES string of the molecule is CC[C@]1(c2ccc(C(=O)N3CCN(c4ncc(C5CC5)cc4C)CC3)c(C)c2)NC(=O)NC1=O. The molecule has 1 atom stereocenters. The molecule has 1 aliphatic carbocycles. The molecular formula is C26H31N5O3. The second-order valence-corrected chi connectivity index (χ2v) is 9.66. The van der Waals surface area contributed by atoms with E-state index in [4.69, 9.17) is 4.98 Å². The van der Waals surface area contributed by atoms with E-state index in [-0.39, 0.29) is 11.8 Å². The summed E-state index contributed by atoms with van der Waals surface area (Å²) in [5, 5.41) is 5.08. The number of rotatable bonds is 5. The fourth-order valence-corrected chi connectivity index (χ4v) is 5.17. The Labute approximate surface area is 199 Å². The third-order valence-corrected chi connectivity index (χ3v) is 7.41. The van der Waals surface area contributed by atoms with Crippen LogP contribution in [0, 0.1) is 13.8 Å². The van der Waals surface area contributed by atoms with Crippen LogP contribution in [0.3, 0.4) is 0 Å². The minimum absolute atomic E-state index is 0.0112. The van der Waals surface area contributed by atoms with Crippen LogP contribution in [0.25, 0.3) is 0 Å². The summed E-state index contributed by atoms with van der Waals surface area (Å²) in [6.45, 7) is 8.59. The normalized spacial score (nSPS) is 22.6. The standard InChI is InChI=1S/C26H31N5O3/c1-4-26(24(33)28-25(34)29-26)20-7-8-21(16(2)14-20)23(32)31-11-9-30(10-12-31)22-17(3)13-19(15-27-22)18-5-6-18/h7-8,13-15,18H,4-6,9-12H2,1-3H3,(H2,28,29,33,34)/t26-/m1/s1. The van der Waals surface area contributed by atoms with Gasteiger partial charge in [-0.2, -0.15) is 0 Å². The number of piperazine rings is 1. The van der Waals surface area contributed by atoms with Gasteiger partial charge in [0.15, 0.2) is 0 Å². The fraction of sp³-hybridized carbons (Fsp3) is 0.462. The molecule has 2 aromatic rings. The molecule has 0 bridgehead atoms. The number of hydrogen-bond acceptors (Lipinski definition) is 5. The van der Waals surface area contributed by atoms with Gasteiger partial charge in [-0.15, -0.1) is 0 Å². The van der Waals surface area contributed by atoms with Crippen molar-refractivity contribution < 1.29 is 14.4 Å². The van der Waals surface area contributed by atoms with Gasteiger partial charge in [0.05, 0.1) is 0 Å². The zero-order chi connectivity index (χ0) is 24.0. The van der Waals surface area contributed by atoms with E-state index in [0.717, 1.165) is 24.5 Å². The maximum Gasteiger partial charge on any atom is 0.322 e. The summed E-state index contributed by atoms with van der Waals surface area (Å²) in [6.07, 6.45) is 4.97. The van der Waals surface area contributed by atoms with Crippen molar-refractivity contribution in [1.29, 1.82) is 0 Å². The third-order valence-electron chi connectivity index (χ3n) is 7.41. The lowest BCUT2D eigenvalue weighted by atomic mass is 9.85. The predicted octanol–water partition coefficient (Wildman–Crippen LogP) is 2.98. The maximum atomic E-state index is 13.3. The molecule has 2 saturated heterocycles. The highest BCUT2D eigenvalue weighted by Gasteiger charge is 2.46. The molecule has 0 unspecified atom stereocenters. The smallest absolute Gasteiger partial charge is 0.322 e. The molecule has 178 valence electrons. The maximum absolute atomic E-state index is 13.3. The van der Waals surface area contributed by atoms with Gasteiger partial charge < -0.3 is 15.1 Å². The van der Waals surface area contributed by atoms with Crippen LogP contribution in [-0.2, 0) is 10.3 Å². The molecule has 3 aliphatic rings. The quantitative estimate of drug-likeness (QED) is 0.668. The third kappa shape index (κ3) is 3.81. The van der Waals surface area contributed by atoms with E-state index < -0.39 is 11.6 Å². The summed E-state index contributed by atoms with van der Waals surface area (Å²) in [7, 11) is 0. The molecule has 0 spiro atoms. The molecule has 0 radical (unpaired) electrons. The van der Waals surface area contributed by atoms with Gasteiger partial charge in [-0.1, -0.05) is 25.1 Å². The zero-order valence-corrected chi connectivity index (χ0v) is 20.0. The summed E-state index contributed by atoms with van der Waals surface area (Å²) >= 11 is 0. The average molecular weight is 462 g/mol. The number of pyridine rings is 1. The van der Waals surface area contributed by atoms with E-state index in [1.807, 2.05) is 31.0 Å². The summed E-state index contributed by atoms with van der Waals surface area (Å²) in [6, 6.07) is 7.16. The second kappa shape index (κ2) is 8.42. The topological polar surface area (TPSA) is 94.6 Å². The highest BCUT2D eigenvalue weighted by molar-refractivity contribution is 6.07. The van der Waals surface area contributed by atoms with E-state index in [2.05, 4.69) is 28.5 Å². The van der Waals surface area contributed by atoms with Gasteiger partial charge in [0.1, 0.15) is 11.4 Å². The van der Waals surface area contributed by atoms with Crippen molar-refractivity contribution in [3.63, 3.8) is 0 Å². The lowest BCUT2D eigenvalue weighted by Crippen LogP contribution is -2.49. The molecule has 2 N–H and O–H groups in total. The Hall–Kier alpha value is -3.42. The van der Waals surface area contributed by atoms with Gasteiger partial charge >= 0.3 is 6.03 Å². The first-order chi connectivity index (χ1) is 16.3. The number of aromatic nitrogens is 1. The van der Waals surface area contributed by atoms with Crippen LogP contribution in [0.15, 0.2) is 30.5 Å². The van der Waals surface area contributed by atoms with Crippen LogP contribution in [-0.4, -0.2) is 53.9 Å². The van der Waals surface area contributed by atoms with Gasteiger partial charge in [-0.3, -0.25) is 14.9 Å². The molecule has 3 heterocycles. The Balaban J connectivity index is 1.28. The highest BCUT2D eigenvalue weighted by atomic mass is 16.2. The first kappa shape index (κ1) is 22.4. The number of benzene rings is 1. The van der Waals surface area contributed by atoms with Gasteiger partial charge in [-0.05, 0) is 67.3 Å². The van der Waals surface area contributed by atoms with Gasteiger partial charge in [0.25, 0.3) is 11.8 Å². The van der Waals surface area contributed by atoms with E-state index in [0.29, 0.717) is 36.6 Å². The molecule has 8 nitrogen and oxygen atoms in total. The summed E-state index contributed by atoms with van der Waals surface area (Å²) in [4.78, 5) is 46.4. The fourth-order valence-electron chi connectivity index (χ4n) is 5.17. The molecule has 34 heavy (non-hydrogen) atoms. The van der Waals surface area contributed by atoms with Crippen molar-refractivity contribution >= 4 is 23.7 Å². The molecule has 1 aromatic carbocycles. The molecule has 8 heteroatoms. The lowest BCUT2D eigenvalue weighted by Gasteiger charge is -2.36. The molecule has 4 amide bonds. The van der Waals surface area contributed by atoms with Crippen LogP contribution in [0.1, 0.15) is 64.7 Å². The lowest BCUT2D eigenvalue weighted by molar-refractivity contribution is -0.124. The van der Waals surface area contributed by atoms with Crippen LogP contribution >= 0.6 is 0 Å². The molecule has 1 saturated carbocycles. The van der Waals surface area contributed by atoms with Crippen molar-refractivity contribution in [3.8, 4) is 0 Å². The zero-order valence-electron chi connectivity index (χ0n) is 20.0. The van der Waals surface area contributed by atoms with Crippen LogP contribution < -0.4 is 15.5 Å². The number of hydrogen-bond donors (Lipinski definition) is 2. The number of imide groups is 1. The first-order valence-electron chi connectivity index (χ1n) is 12.1. The highest BCUT2D eigenvalue weighted by Crippen LogP contribution is 2.40. The monoisotopic (exact) mass is 461 g/mol. The number of aryl methyl sites for hydroxylation is 2. The minimum Gasteiger partial charge on any atom is -0.353 e. The molecule has 5 rings (SSSR count). The van der Waals surface area contributed by atoms with Crippen LogP contribution in [0.5, 0.6) is 0 Å². The molecule has 3 fully saturated rings.